The molecule has 8 aromatic carbocycles. The van der Waals surface area contributed by atoms with Crippen molar-refractivity contribution in [3.8, 4) is 28.1 Å². The standard InChI is InChI=1S/C55H39N5.Pt/c1-39-33-34-56-54(35-39)60-50-28-12-11-25-48(50)49-32-31-45(37-53(49)60)59(55-46(40-17-5-2-6-18-40)26-16-27-47(55)41-19-7-3-8-20-41)44-24-15-23-43(36-44)58-38-57(42-21-9-4-10-22-42)51-29-13-14-30-52(51)58;/h2-35H,38H2,1H3;/q-2;+2. The Hall–Kier alpha value is -7.20. The minimum absolute atomic E-state index is 0. The molecule has 3 heterocycles. The molecule has 0 atom stereocenters. The van der Waals surface area contributed by atoms with Gasteiger partial charge in [-0.05, 0) is 71.5 Å². The fourth-order valence-electron chi connectivity index (χ4n) is 8.73. The van der Waals surface area contributed by atoms with Crippen LogP contribution < -0.4 is 14.7 Å². The summed E-state index contributed by atoms with van der Waals surface area (Å²) < 4.78 is 2.25. The smallest absolute Gasteiger partial charge is 0.357 e. The molecule has 0 radical (unpaired) electrons. The Morgan fingerprint density at radius 1 is 0.525 bits per heavy atom. The molecular weight excluding hydrogens is 926 g/mol. The summed E-state index contributed by atoms with van der Waals surface area (Å²) in [5.41, 5.74) is 14.9. The molecule has 0 bridgehead atoms. The Bertz CT molecular complexity index is 3110. The molecule has 2 aromatic heterocycles. The van der Waals surface area contributed by atoms with Gasteiger partial charge in [0, 0.05) is 28.5 Å². The summed E-state index contributed by atoms with van der Waals surface area (Å²) >= 11 is 0. The SMILES string of the molecule is Cc1ccnc(-n2c3[c-]c(N(c4[c-]c(N5CN(c6ccccc6)c6ccccc65)ccc4)c4c(-c5ccccc5)cccc4-c4ccccc4)ccc3c3ccccc32)c1.[Pt+2]. The topological polar surface area (TPSA) is 27.5 Å². The van der Waals surface area contributed by atoms with Gasteiger partial charge in [0.25, 0.3) is 0 Å². The number of aromatic nitrogens is 2. The molecule has 0 saturated heterocycles. The quantitative estimate of drug-likeness (QED) is 0.142. The van der Waals surface area contributed by atoms with E-state index in [1.54, 1.807) is 0 Å². The molecule has 0 fully saturated rings. The Kier molecular flexibility index (Phi) is 10.0. The van der Waals surface area contributed by atoms with Crippen LogP contribution >= 0.6 is 0 Å². The number of pyridine rings is 1. The van der Waals surface area contributed by atoms with Crippen LogP contribution in [0.4, 0.5) is 39.8 Å². The Morgan fingerprint density at radius 2 is 1.13 bits per heavy atom. The van der Waals surface area contributed by atoms with Gasteiger partial charge in [-0.2, -0.15) is 12.1 Å². The molecule has 5 nitrogen and oxygen atoms in total. The first-order valence-electron chi connectivity index (χ1n) is 20.3. The van der Waals surface area contributed by atoms with Crippen molar-refractivity contribution in [2.75, 3.05) is 21.4 Å². The van der Waals surface area contributed by atoms with Crippen molar-refractivity contribution in [2.24, 2.45) is 0 Å². The molecule has 0 spiro atoms. The van der Waals surface area contributed by atoms with Crippen molar-refractivity contribution < 1.29 is 21.1 Å². The van der Waals surface area contributed by atoms with Crippen molar-refractivity contribution in [1.29, 1.82) is 0 Å². The number of hydrogen-bond donors (Lipinski definition) is 0. The number of anilines is 7. The van der Waals surface area contributed by atoms with Crippen LogP contribution in [0.3, 0.4) is 0 Å². The average Bonchev–Trinajstić information content (AvgIpc) is 3.86. The first-order chi connectivity index (χ1) is 29.7. The summed E-state index contributed by atoms with van der Waals surface area (Å²) in [6.07, 6.45) is 1.89. The molecule has 6 heteroatoms. The summed E-state index contributed by atoms with van der Waals surface area (Å²) in [7, 11) is 0. The molecule has 10 aromatic rings. The second kappa shape index (κ2) is 16.1. The number of nitrogens with zero attached hydrogens (tertiary/aromatic N) is 5. The Morgan fingerprint density at radius 3 is 1.84 bits per heavy atom. The van der Waals surface area contributed by atoms with Crippen molar-refractivity contribution in [1.82, 2.24) is 9.55 Å². The van der Waals surface area contributed by atoms with Gasteiger partial charge >= 0.3 is 21.1 Å². The third kappa shape index (κ3) is 6.78. The van der Waals surface area contributed by atoms with E-state index in [4.69, 9.17) is 4.98 Å². The van der Waals surface area contributed by atoms with Crippen LogP contribution in [0.25, 0.3) is 49.9 Å². The number of para-hydroxylation sites is 5. The molecule has 0 saturated carbocycles. The van der Waals surface area contributed by atoms with E-state index < -0.39 is 0 Å². The maximum atomic E-state index is 4.90. The third-order valence-corrected chi connectivity index (χ3v) is 11.5. The Labute approximate surface area is 370 Å². The van der Waals surface area contributed by atoms with Crippen molar-refractivity contribution in [3.63, 3.8) is 0 Å². The van der Waals surface area contributed by atoms with Gasteiger partial charge in [0.15, 0.2) is 0 Å². The summed E-state index contributed by atoms with van der Waals surface area (Å²) in [5, 5.41) is 2.27. The summed E-state index contributed by atoms with van der Waals surface area (Å²) in [6.45, 7) is 2.77. The molecule has 0 N–H and O–H groups in total. The van der Waals surface area contributed by atoms with Gasteiger partial charge in [-0.1, -0.05) is 150 Å². The van der Waals surface area contributed by atoms with E-state index >= 15 is 0 Å². The zero-order valence-corrected chi connectivity index (χ0v) is 35.7. The van der Waals surface area contributed by atoms with E-state index in [2.05, 4.69) is 232 Å². The van der Waals surface area contributed by atoms with E-state index in [1.807, 2.05) is 12.3 Å². The predicted molar refractivity (Wildman–Crippen MR) is 249 cm³/mol. The fourth-order valence-corrected chi connectivity index (χ4v) is 8.73. The number of fused-ring (bicyclic) bond motifs is 4. The van der Waals surface area contributed by atoms with E-state index in [9.17, 15) is 0 Å². The van der Waals surface area contributed by atoms with Crippen LogP contribution in [0.15, 0.2) is 206 Å². The maximum Gasteiger partial charge on any atom is 2.00 e. The maximum absolute atomic E-state index is 4.90. The minimum atomic E-state index is 0. The molecule has 0 amide bonds. The monoisotopic (exact) mass is 964 g/mol. The van der Waals surface area contributed by atoms with E-state index in [0.29, 0.717) is 6.67 Å². The molecule has 1 aliphatic rings. The molecule has 11 rings (SSSR count). The van der Waals surface area contributed by atoms with E-state index in [1.165, 1.54) is 0 Å². The van der Waals surface area contributed by atoms with Crippen LogP contribution in [-0.4, -0.2) is 16.2 Å². The van der Waals surface area contributed by atoms with Gasteiger partial charge in [0.1, 0.15) is 5.82 Å². The number of aryl methyl sites for hydroxylation is 1. The van der Waals surface area contributed by atoms with Crippen molar-refractivity contribution >= 4 is 61.6 Å². The first kappa shape index (κ1) is 38.0. The predicted octanol–water partition coefficient (Wildman–Crippen LogP) is 14.1. The molecular formula is C55H39N5Pt. The van der Waals surface area contributed by atoms with Crippen molar-refractivity contribution in [3.05, 3.63) is 224 Å². The number of rotatable bonds is 8. The van der Waals surface area contributed by atoms with Gasteiger partial charge in [0.2, 0.25) is 0 Å². The normalized spacial score (nSPS) is 12.1. The fraction of sp³-hybridized carbons (Fsp3) is 0.0364. The molecule has 61 heavy (non-hydrogen) atoms. The summed E-state index contributed by atoms with van der Waals surface area (Å²) in [5.74, 6) is 0.861. The first-order valence-corrected chi connectivity index (χ1v) is 20.3. The second-order valence-corrected chi connectivity index (χ2v) is 15.2. The van der Waals surface area contributed by atoms with Crippen LogP contribution in [0.1, 0.15) is 5.56 Å². The molecule has 294 valence electrons. The largest absolute Gasteiger partial charge is 2.00 e. The van der Waals surface area contributed by atoms with Crippen LogP contribution in [0.2, 0.25) is 0 Å². The van der Waals surface area contributed by atoms with Gasteiger partial charge in [-0.3, -0.25) is 0 Å². The van der Waals surface area contributed by atoms with Gasteiger partial charge in [0.05, 0.1) is 23.7 Å². The van der Waals surface area contributed by atoms with Gasteiger partial charge in [-0.25, -0.2) is 4.98 Å². The molecule has 1 aliphatic heterocycles. The van der Waals surface area contributed by atoms with Crippen LogP contribution in [-0.2, 0) is 21.1 Å². The van der Waals surface area contributed by atoms with Crippen LogP contribution in [0, 0.1) is 19.1 Å². The third-order valence-electron chi connectivity index (χ3n) is 11.5. The zero-order chi connectivity index (χ0) is 40.0. The van der Waals surface area contributed by atoms with Gasteiger partial charge < -0.3 is 19.3 Å². The van der Waals surface area contributed by atoms with Crippen molar-refractivity contribution in [2.45, 2.75) is 6.92 Å². The molecule has 0 unspecified atom stereocenters. The van der Waals surface area contributed by atoms with E-state index in [0.717, 1.165) is 95.3 Å². The second-order valence-electron chi connectivity index (χ2n) is 15.2. The summed E-state index contributed by atoms with van der Waals surface area (Å²) in [4.78, 5) is 12.0. The zero-order valence-electron chi connectivity index (χ0n) is 33.4. The van der Waals surface area contributed by atoms with Crippen LogP contribution in [0.5, 0.6) is 0 Å². The van der Waals surface area contributed by atoms with E-state index in [-0.39, 0.29) is 21.1 Å². The average molecular weight is 965 g/mol. The summed E-state index contributed by atoms with van der Waals surface area (Å²) in [6, 6.07) is 78.9. The number of benzene rings is 8. The number of hydrogen-bond acceptors (Lipinski definition) is 4. The minimum Gasteiger partial charge on any atom is -0.357 e. The Balaban J connectivity index is 0.00000445. The van der Waals surface area contributed by atoms with Gasteiger partial charge in [-0.15, -0.1) is 35.7 Å². The molecule has 0 aliphatic carbocycles.